The van der Waals surface area contributed by atoms with Gasteiger partial charge in [0.05, 0.1) is 5.69 Å². The van der Waals surface area contributed by atoms with Crippen molar-refractivity contribution >= 4 is 27.5 Å². The lowest BCUT2D eigenvalue weighted by Gasteiger charge is -2.08. The molecule has 1 aromatic carbocycles. The largest absolute Gasteiger partial charge is 0.372 e. The Hall–Kier alpha value is -0.870. The van der Waals surface area contributed by atoms with Crippen LogP contribution in [0, 0.1) is 6.92 Å². The molecule has 0 bridgehead atoms. The Balaban J connectivity index is 2.64. The van der Waals surface area contributed by atoms with Crippen molar-refractivity contribution in [3.8, 4) is 0 Å². The van der Waals surface area contributed by atoms with Gasteiger partial charge < -0.3 is 10.1 Å². The first-order valence-electron chi connectivity index (χ1n) is 4.78. The molecule has 0 aliphatic heterocycles. The average Bonchev–Trinajstić information content (AvgIpc) is 2.22. The molecule has 0 unspecified atom stereocenters. The number of benzene rings is 1. The molecule has 0 spiro atoms. The van der Waals surface area contributed by atoms with Crippen LogP contribution in [0.5, 0.6) is 0 Å². The fourth-order valence-electron chi connectivity index (χ4n) is 1.13. The maximum absolute atomic E-state index is 11.4. The van der Waals surface area contributed by atoms with E-state index in [0.29, 0.717) is 6.61 Å². The number of hydrogen-bond donors (Lipinski definition) is 1. The van der Waals surface area contributed by atoms with E-state index in [1.165, 1.54) is 0 Å². The molecule has 1 N–H and O–H groups in total. The standard InChI is InChI=1S/C11H14BrNO2/c1-3-15-7-10(14)13-9-6-4-5-8(2)11(9)12/h4-6H,3,7H2,1-2H3,(H,13,14). The highest BCUT2D eigenvalue weighted by Crippen LogP contribution is 2.25. The molecule has 4 heteroatoms. The number of anilines is 1. The summed E-state index contributed by atoms with van der Waals surface area (Å²) in [7, 11) is 0. The highest BCUT2D eigenvalue weighted by Gasteiger charge is 2.06. The highest BCUT2D eigenvalue weighted by atomic mass is 79.9. The van der Waals surface area contributed by atoms with Gasteiger partial charge in [-0.05, 0) is 41.4 Å². The minimum absolute atomic E-state index is 0.0941. The van der Waals surface area contributed by atoms with Crippen molar-refractivity contribution in [1.82, 2.24) is 0 Å². The van der Waals surface area contributed by atoms with Crippen molar-refractivity contribution in [2.75, 3.05) is 18.5 Å². The average molecular weight is 272 g/mol. The minimum Gasteiger partial charge on any atom is -0.372 e. The molecule has 3 nitrogen and oxygen atoms in total. The molecule has 1 rings (SSSR count). The topological polar surface area (TPSA) is 38.3 Å². The number of aryl methyl sites for hydroxylation is 1. The molecule has 0 aliphatic rings. The van der Waals surface area contributed by atoms with E-state index in [0.717, 1.165) is 15.7 Å². The number of hydrogen-bond acceptors (Lipinski definition) is 2. The maximum Gasteiger partial charge on any atom is 0.250 e. The second kappa shape index (κ2) is 5.88. The van der Waals surface area contributed by atoms with Gasteiger partial charge in [0, 0.05) is 11.1 Å². The lowest BCUT2D eigenvalue weighted by molar-refractivity contribution is -0.120. The molecule has 0 heterocycles. The Morgan fingerprint density at radius 2 is 2.27 bits per heavy atom. The summed E-state index contributed by atoms with van der Waals surface area (Å²) in [4.78, 5) is 11.4. The fraction of sp³-hybridized carbons (Fsp3) is 0.364. The molecule has 0 atom stereocenters. The van der Waals surface area contributed by atoms with E-state index in [-0.39, 0.29) is 12.5 Å². The zero-order valence-electron chi connectivity index (χ0n) is 8.84. The Labute approximate surface area is 97.9 Å². The van der Waals surface area contributed by atoms with Crippen LogP contribution in [0.3, 0.4) is 0 Å². The zero-order valence-corrected chi connectivity index (χ0v) is 10.4. The van der Waals surface area contributed by atoms with Crippen molar-refractivity contribution in [3.63, 3.8) is 0 Å². The number of rotatable bonds is 4. The van der Waals surface area contributed by atoms with E-state index >= 15 is 0 Å². The van der Waals surface area contributed by atoms with E-state index in [1.807, 2.05) is 32.0 Å². The van der Waals surface area contributed by atoms with E-state index in [4.69, 9.17) is 4.74 Å². The van der Waals surface area contributed by atoms with Crippen LogP contribution in [0.1, 0.15) is 12.5 Å². The van der Waals surface area contributed by atoms with Gasteiger partial charge in [-0.15, -0.1) is 0 Å². The summed E-state index contributed by atoms with van der Waals surface area (Å²) >= 11 is 3.42. The predicted octanol–water partition coefficient (Wildman–Crippen LogP) is 2.73. The molecule has 82 valence electrons. The first kappa shape index (κ1) is 12.2. The van der Waals surface area contributed by atoms with Gasteiger partial charge in [-0.3, -0.25) is 4.79 Å². The van der Waals surface area contributed by atoms with Crippen LogP contribution in [0.25, 0.3) is 0 Å². The van der Waals surface area contributed by atoms with Crippen molar-refractivity contribution < 1.29 is 9.53 Å². The normalized spacial score (nSPS) is 10.1. The van der Waals surface area contributed by atoms with E-state index in [9.17, 15) is 4.79 Å². The Kier molecular flexibility index (Phi) is 4.78. The van der Waals surface area contributed by atoms with Gasteiger partial charge in [-0.25, -0.2) is 0 Å². The molecule has 0 radical (unpaired) electrons. The molecule has 0 saturated heterocycles. The third-order valence-electron chi connectivity index (χ3n) is 1.90. The van der Waals surface area contributed by atoms with E-state index in [2.05, 4.69) is 21.2 Å². The van der Waals surface area contributed by atoms with Crippen LogP contribution in [0.15, 0.2) is 22.7 Å². The second-order valence-corrected chi connectivity index (χ2v) is 3.91. The molecular weight excluding hydrogens is 258 g/mol. The molecule has 0 aromatic heterocycles. The van der Waals surface area contributed by atoms with Gasteiger partial charge in [-0.1, -0.05) is 12.1 Å². The smallest absolute Gasteiger partial charge is 0.250 e. The summed E-state index contributed by atoms with van der Waals surface area (Å²) in [6.07, 6.45) is 0. The summed E-state index contributed by atoms with van der Waals surface area (Å²) in [6.45, 7) is 4.47. The second-order valence-electron chi connectivity index (χ2n) is 3.12. The summed E-state index contributed by atoms with van der Waals surface area (Å²) in [5.41, 5.74) is 1.86. The molecule has 1 amide bonds. The number of carbonyl (C=O) groups is 1. The zero-order chi connectivity index (χ0) is 11.3. The molecule has 0 fully saturated rings. The highest BCUT2D eigenvalue weighted by molar-refractivity contribution is 9.10. The lowest BCUT2D eigenvalue weighted by Crippen LogP contribution is -2.18. The number of amides is 1. The summed E-state index contributed by atoms with van der Waals surface area (Å²) in [5.74, 6) is -0.136. The number of carbonyl (C=O) groups excluding carboxylic acids is 1. The van der Waals surface area contributed by atoms with Gasteiger partial charge in [0.1, 0.15) is 6.61 Å². The van der Waals surface area contributed by atoms with E-state index in [1.54, 1.807) is 0 Å². The van der Waals surface area contributed by atoms with Crippen LogP contribution >= 0.6 is 15.9 Å². The van der Waals surface area contributed by atoms with Crippen LogP contribution in [0.2, 0.25) is 0 Å². The van der Waals surface area contributed by atoms with Crippen molar-refractivity contribution in [1.29, 1.82) is 0 Å². The fourth-order valence-corrected chi connectivity index (χ4v) is 1.49. The van der Waals surface area contributed by atoms with Crippen LogP contribution in [-0.2, 0) is 9.53 Å². The Morgan fingerprint density at radius 1 is 1.53 bits per heavy atom. The Morgan fingerprint density at radius 3 is 2.93 bits per heavy atom. The van der Waals surface area contributed by atoms with Crippen LogP contribution < -0.4 is 5.32 Å². The van der Waals surface area contributed by atoms with Gasteiger partial charge in [-0.2, -0.15) is 0 Å². The quantitative estimate of drug-likeness (QED) is 0.915. The lowest BCUT2D eigenvalue weighted by atomic mass is 10.2. The van der Waals surface area contributed by atoms with Crippen molar-refractivity contribution in [2.45, 2.75) is 13.8 Å². The Bertz CT molecular complexity index is 352. The summed E-state index contributed by atoms with van der Waals surface area (Å²) in [6, 6.07) is 5.72. The number of halogens is 1. The van der Waals surface area contributed by atoms with Crippen LogP contribution in [0.4, 0.5) is 5.69 Å². The van der Waals surface area contributed by atoms with Gasteiger partial charge in [0.25, 0.3) is 0 Å². The van der Waals surface area contributed by atoms with E-state index < -0.39 is 0 Å². The first-order valence-corrected chi connectivity index (χ1v) is 5.57. The molecule has 15 heavy (non-hydrogen) atoms. The molecule has 0 saturated carbocycles. The van der Waals surface area contributed by atoms with Gasteiger partial charge in [0.15, 0.2) is 0 Å². The SMILES string of the molecule is CCOCC(=O)Nc1cccc(C)c1Br. The number of ether oxygens (including phenoxy) is 1. The van der Waals surface area contributed by atoms with Crippen molar-refractivity contribution in [3.05, 3.63) is 28.2 Å². The first-order chi connectivity index (χ1) is 7.15. The number of nitrogens with one attached hydrogen (secondary N) is 1. The molecule has 0 aliphatic carbocycles. The van der Waals surface area contributed by atoms with Gasteiger partial charge in [0.2, 0.25) is 5.91 Å². The summed E-state index contributed by atoms with van der Waals surface area (Å²) < 4.78 is 5.92. The predicted molar refractivity (Wildman–Crippen MR) is 64.0 cm³/mol. The maximum atomic E-state index is 11.4. The molecular formula is C11H14BrNO2. The molecule has 1 aromatic rings. The third-order valence-corrected chi connectivity index (χ3v) is 2.96. The minimum atomic E-state index is -0.136. The van der Waals surface area contributed by atoms with Crippen molar-refractivity contribution in [2.24, 2.45) is 0 Å². The monoisotopic (exact) mass is 271 g/mol. The third kappa shape index (κ3) is 3.64. The summed E-state index contributed by atoms with van der Waals surface area (Å²) in [5, 5.41) is 2.78. The van der Waals surface area contributed by atoms with Gasteiger partial charge >= 0.3 is 0 Å². The van der Waals surface area contributed by atoms with Crippen LogP contribution in [-0.4, -0.2) is 19.1 Å².